The lowest BCUT2D eigenvalue weighted by Crippen LogP contribution is -2.49. The molecule has 3 N–H and O–H groups in total. The lowest BCUT2D eigenvalue weighted by atomic mass is 10.2. The Morgan fingerprint density at radius 1 is 1.16 bits per heavy atom. The van der Waals surface area contributed by atoms with Gasteiger partial charge in [-0.15, -0.1) is 0 Å². The average Bonchev–Trinajstić information content (AvgIpc) is 2.90. The van der Waals surface area contributed by atoms with Gasteiger partial charge in [0, 0.05) is 37.0 Å². The summed E-state index contributed by atoms with van der Waals surface area (Å²) in [6, 6.07) is 3.07. The minimum absolute atomic E-state index is 0.277. The van der Waals surface area contributed by atoms with Crippen LogP contribution in [0.2, 0.25) is 5.02 Å². The van der Waals surface area contributed by atoms with Crippen LogP contribution >= 0.6 is 11.6 Å². The Labute approximate surface area is 223 Å². The number of urea groups is 1. The third kappa shape index (κ3) is 7.36. The van der Waals surface area contributed by atoms with Crippen molar-refractivity contribution in [1.82, 2.24) is 25.5 Å². The molecule has 0 fully saturated rings. The summed E-state index contributed by atoms with van der Waals surface area (Å²) in [5.41, 5.74) is 1.35. The van der Waals surface area contributed by atoms with Gasteiger partial charge < -0.3 is 29.9 Å². The molecule has 2 aromatic rings. The summed E-state index contributed by atoms with van der Waals surface area (Å²) in [5.74, 6) is 2.25. The summed E-state index contributed by atoms with van der Waals surface area (Å²) < 4.78 is 10.8. The van der Waals surface area contributed by atoms with E-state index in [0.29, 0.717) is 47.1 Å². The maximum Gasteiger partial charge on any atom is 0.321 e. The van der Waals surface area contributed by atoms with Gasteiger partial charge in [0.05, 0.1) is 26.5 Å². The SMILES string of the molecule is CCNC(=O)NC1=Nc2nc(NCCCCN(CC)CC)ncc2CN1c1cc(OC)cc(OC)c1Cl. The van der Waals surface area contributed by atoms with E-state index in [4.69, 9.17) is 21.1 Å². The summed E-state index contributed by atoms with van der Waals surface area (Å²) in [4.78, 5) is 30.3. The number of rotatable bonds is 12. The molecule has 1 aromatic carbocycles. The van der Waals surface area contributed by atoms with Gasteiger partial charge in [-0.3, -0.25) is 5.32 Å². The van der Waals surface area contributed by atoms with Crippen LogP contribution in [0.15, 0.2) is 23.3 Å². The molecule has 0 spiro atoms. The number of aromatic nitrogens is 2. The molecule has 1 aliphatic rings. The number of amides is 2. The normalized spacial score (nSPS) is 12.6. The molecule has 0 atom stereocenters. The number of aliphatic imine (C=N–C) groups is 1. The molecule has 0 radical (unpaired) electrons. The number of benzene rings is 1. The predicted octanol–water partition coefficient (Wildman–Crippen LogP) is 4.01. The monoisotopic (exact) mass is 532 g/mol. The van der Waals surface area contributed by atoms with Crippen molar-refractivity contribution in [2.45, 2.75) is 40.2 Å². The number of halogens is 1. The van der Waals surface area contributed by atoms with Crippen molar-refractivity contribution in [3.05, 3.63) is 28.9 Å². The van der Waals surface area contributed by atoms with Crippen LogP contribution in [0, 0.1) is 0 Å². The van der Waals surface area contributed by atoms with E-state index in [2.05, 4.69) is 49.7 Å². The van der Waals surface area contributed by atoms with Gasteiger partial charge in [0.15, 0.2) is 5.82 Å². The molecule has 12 heteroatoms. The van der Waals surface area contributed by atoms with E-state index in [1.165, 1.54) is 7.11 Å². The number of nitrogens with one attached hydrogen (secondary N) is 3. The highest BCUT2D eigenvalue weighted by Crippen LogP contribution is 2.40. The van der Waals surface area contributed by atoms with E-state index in [1.807, 2.05) is 6.92 Å². The first-order chi connectivity index (χ1) is 17.9. The van der Waals surface area contributed by atoms with Crippen molar-refractivity contribution in [2.75, 3.05) is 57.2 Å². The molecule has 0 saturated carbocycles. The van der Waals surface area contributed by atoms with Gasteiger partial charge in [0.2, 0.25) is 11.9 Å². The zero-order valence-corrected chi connectivity index (χ0v) is 23.0. The Hall–Kier alpha value is -3.31. The molecule has 11 nitrogen and oxygen atoms in total. The number of ether oxygens (including phenoxy) is 2. The molecule has 0 bridgehead atoms. The molecule has 0 unspecified atom stereocenters. The Morgan fingerprint density at radius 2 is 1.95 bits per heavy atom. The Balaban J connectivity index is 1.83. The smallest absolute Gasteiger partial charge is 0.321 e. The zero-order chi connectivity index (χ0) is 26.8. The second-order valence-corrected chi connectivity index (χ2v) is 8.75. The quantitative estimate of drug-likeness (QED) is 0.351. The number of carbonyl (C=O) groups is 1. The highest BCUT2D eigenvalue weighted by molar-refractivity contribution is 6.35. The zero-order valence-electron chi connectivity index (χ0n) is 22.2. The Bertz CT molecular complexity index is 1090. The van der Waals surface area contributed by atoms with Crippen molar-refractivity contribution in [1.29, 1.82) is 0 Å². The third-order valence-corrected chi connectivity index (χ3v) is 6.40. The number of hydrogen-bond donors (Lipinski definition) is 3. The van der Waals surface area contributed by atoms with Crippen molar-refractivity contribution in [2.24, 2.45) is 4.99 Å². The maximum absolute atomic E-state index is 12.4. The number of guanidine groups is 1. The predicted molar refractivity (Wildman–Crippen MR) is 148 cm³/mol. The number of unbranched alkanes of at least 4 members (excludes halogenated alkanes) is 1. The molecule has 2 heterocycles. The number of carbonyl (C=O) groups excluding carboxylic acids is 1. The molecule has 37 heavy (non-hydrogen) atoms. The van der Waals surface area contributed by atoms with Gasteiger partial charge in [-0.05, 0) is 39.4 Å². The number of nitrogens with zero attached hydrogens (tertiary/aromatic N) is 5. The molecule has 0 saturated heterocycles. The fraction of sp³-hybridized carbons (Fsp3) is 0.520. The van der Waals surface area contributed by atoms with Crippen LogP contribution in [-0.4, -0.2) is 73.8 Å². The van der Waals surface area contributed by atoms with Crippen molar-refractivity contribution < 1.29 is 14.3 Å². The molecule has 1 aliphatic heterocycles. The summed E-state index contributed by atoms with van der Waals surface area (Å²) in [6.07, 6.45) is 3.84. The van der Waals surface area contributed by atoms with E-state index in [1.54, 1.807) is 30.3 Å². The maximum atomic E-state index is 12.4. The minimum Gasteiger partial charge on any atom is -0.497 e. The Kier molecular flexibility index (Phi) is 10.6. The van der Waals surface area contributed by atoms with Crippen molar-refractivity contribution in [3.8, 4) is 11.5 Å². The molecule has 2 amide bonds. The summed E-state index contributed by atoms with van der Waals surface area (Å²) in [5, 5.41) is 9.19. The number of hydrogen-bond acceptors (Lipinski definition) is 9. The molecular weight excluding hydrogens is 496 g/mol. The number of methoxy groups -OCH3 is 2. The molecular formula is C25H37ClN8O3. The van der Waals surface area contributed by atoms with Crippen LogP contribution in [0.3, 0.4) is 0 Å². The van der Waals surface area contributed by atoms with Gasteiger partial charge in [-0.25, -0.2) is 9.78 Å². The number of anilines is 2. The lowest BCUT2D eigenvalue weighted by Gasteiger charge is -2.31. The van der Waals surface area contributed by atoms with E-state index in [9.17, 15) is 4.79 Å². The fourth-order valence-corrected chi connectivity index (χ4v) is 4.21. The average molecular weight is 533 g/mol. The van der Waals surface area contributed by atoms with Gasteiger partial charge >= 0.3 is 6.03 Å². The van der Waals surface area contributed by atoms with E-state index in [0.717, 1.165) is 44.6 Å². The third-order valence-electron chi connectivity index (χ3n) is 6.02. The first-order valence-electron chi connectivity index (χ1n) is 12.6. The summed E-state index contributed by atoms with van der Waals surface area (Å²) >= 11 is 6.66. The standard InChI is InChI=1S/C25H37ClN8O3/c1-6-27-25(35)32-24-31-22-17(15-29-23(30-22)28-11-9-10-12-33(7-2)8-3)16-34(24)19-13-18(36-4)14-20(37-5)21(19)26/h13-15H,6-12,16H2,1-5H3,(H3,27,28,29,30,31,32,35). The van der Waals surface area contributed by atoms with Crippen LogP contribution in [0.1, 0.15) is 39.2 Å². The van der Waals surface area contributed by atoms with E-state index in [-0.39, 0.29) is 12.0 Å². The first kappa shape index (κ1) is 28.3. The highest BCUT2D eigenvalue weighted by atomic mass is 35.5. The minimum atomic E-state index is -0.388. The van der Waals surface area contributed by atoms with Gasteiger partial charge in [-0.1, -0.05) is 25.4 Å². The molecule has 202 valence electrons. The fourth-order valence-electron chi connectivity index (χ4n) is 3.92. The summed E-state index contributed by atoms with van der Waals surface area (Å²) in [7, 11) is 3.09. The molecule has 3 rings (SSSR count). The van der Waals surface area contributed by atoms with E-state index >= 15 is 0 Å². The van der Waals surface area contributed by atoms with Crippen LogP contribution in [0.5, 0.6) is 11.5 Å². The van der Waals surface area contributed by atoms with Crippen LogP contribution < -0.4 is 30.3 Å². The Morgan fingerprint density at radius 3 is 2.62 bits per heavy atom. The number of fused-ring (bicyclic) bond motifs is 1. The van der Waals surface area contributed by atoms with Gasteiger partial charge in [-0.2, -0.15) is 9.98 Å². The largest absolute Gasteiger partial charge is 0.497 e. The van der Waals surface area contributed by atoms with Crippen LogP contribution in [-0.2, 0) is 6.54 Å². The summed E-state index contributed by atoms with van der Waals surface area (Å²) in [6.45, 7) is 11.0. The highest BCUT2D eigenvalue weighted by Gasteiger charge is 2.28. The van der Waals surface area contributed by atoms with Crippen LogP contribution in [0.25, 0.3) is 0 Å². The van der Waals surface area contributed by atoms with E-state index < -0.39 is 0 Å². The molecule has 1 aromatic heterocycles. The topological polar surface area (TPSA) is 116 Å². The molecule has 0 aliphatic carbocycles. The second kappa shape index (κ2) is 13.8. The van der Waals surface area contributed by atoms with Crippen molar-refractivity contribution >= 4 is 41.0 Å². The van der Waals surface area contributed by atoms with Gasteiger partial charge in [0.1, 0.15) is 16.5 Å². The lowest BCUT2D eigenvalue weighted by molar-refractivity contribution is 0.245. The van der Waals surface area contributed by atoms with Gasteiger partial charge in [0.25, 0.3) is 0 Å². The van der Waals surface area contributed by atoms with Crippen LogP contribution in [0.4, 0.5) is 22.2 Å². The first-order valence-corrected chi connectivity index (χ1v) is 13.0. The van der Waals surface area contributed by atoms with Crippen molar-refractivity contribution in [3.63, 3.8) is 0 Å². The second-order valence-electron chi connectivity index (χ2n) is 8.37.